The van der Waals surface area contributed by atoms with Gasteiger partial charge in [-0.05, 0) is 29.3 Å². The van der Waals surface area contributed by atoms with Gasteiger partial charge in [-0.2, -0.15) is 0 Å². The van der Waals surface area contributed by atoms with E-state index in [9.17, 15) is 4.79 Å². The maximum absolute atomic E-state index is 12.4. The molecule has 1 aliphatic heterocycles. The van der Waals surface area contributed by atoms with Crippen molar-refractivity contribution in [1.82, 2.24) is 4.98 Å². The van der Waals surface area contributed by atoms with Crippen LogP contribution in [0.15, 0.2) is 67.0 Å². The van der Waals surface area contributed by atoms with Crippen LogP contribution in [-0.2, 0) is 11.4 Å². The Kier molecular flexibility index (Phi) is 3.91. The number of hydrogen-bond donors (Lipinski definition) is 2. The standard InChI is InChI=1S/C20H17N3O2/c21-19(13-4-2-1-3-5-13)20(24)23-15-6-7-17-16-8-9-22-11-14(16)12-25-18(17)10-15/h1-11,19H,12,21H2,(H,23,24). The highest BCUT2D eigenvalue weighted by Gasteiger charge is 2.19. The molecular formula is C20H17N3O2. The average Bonchev–Trinajstić information content (AvgIpc) is 2.67. The number of nitrogens with one attached hydrogen (secondary N) is 1. The highest BCUT2D eigenvalue weighted by Crippen LogP contribution is 2.38. The molecule has 0 spiro atoms. The van der Waals surface area contributed by atoms with Crippen LogP contribution in [0.3, 0.4) is 0 Å². The molecule has 1 aliphatic rings. The molecule has 3 aromatic rings. The number of carbonyl (C=O) groups excluding carboxylic acids is 1. The van der Waals surface area contributed by atoms with Gasteiger partial charge in [-0.1, -0.05) is 30.3 Å². The second-order valence-corrected chi connectivity index (χ2v) is 5.91. The summed E-state index contributed by atoms with van der Waals surface area (Å²) in [6.45, 7) is 0.469. The summed E-state index contributed by atoms with van der Waals surface area (Å²) >= 11 is 0. The number of carbonyl (C=O) groups is 1. The molecule has 1 aromatic heterocycles. The largest absolute Gasteiger partial charge is 0.488 e. The second kappa shape index (κ2) is 6.37. The highest BCUT2D eigenvalue weighted by molar-refractivity contribution is 5.96. The Morgan fingerprint density at radius 1 is 1.12 bits per heavy atom. The van der Waals surface area contributed by atoms with Gasteiger partial charge in [0, 0.05) is 35.3 Å². The van der Waals surface area contributed by atoms with E-state index in [1.807, 2.05) is 60.8 Å². The van der Waals surface area contributed by atoms with Crippen LogP contribution in [0.25, 0.3) is 11.1 Å². The van der Waals surface area contributed by atoms with Crippen molar-refractivity contribution in [3.63, 3.8) is 0 Å². The first kappa shape index (κ1) is 15.4. The number of fused-ring (bicyclic) bond motifs is 3. The fourth-order valence-electron chi connectivity index (χ4n) is 2.93. The quantitative estimate of drug-likeness (QED) is 0.772. The smallest absolute Gasteiger partial charge is 0.245 e. The summed E-state index contributed by atoms with van der Waals surface area (Å²) in [6, 6.07) is 16.2. The molecule has 1 amide bonds. The summed E-state index contributed by atoms with van der Waals surface area (Å²) < 4.78 is 5.79. The van der Waals surface area contributed by atoms with Crippen molar-refractivity contribution in [2.75, 3.05) is 5.32 Å². The third-order valence-electron chi connectivity index (χ3n) is 4.27. The highest BCUT2D eigenvalue weighted by atomic mass is 16.5. The molecule has 0 bridgehead atoms. The molecule has 1 atom stereocenters. The number of anilines is 1. The zero-order chi connectivity index (χ0) is 17.2. The summed E-state index contributed by atoms with van der Waals surface area (Å²) in [5.41, 5.74) is 10.6. The predicted molar refractivity (Wildman–Crippen MR) is 96.0 cm³/mol. The number of pyridine rings is 1. The Bertz CT molecular complexity index is 925. The van der Waals surface area contributed by atoms with Crippen molar-refractivity contribution in [1.29, 1.82) is 0 Å². The van der Waals surface area contributed by atoms with Crippen LogP contribution in [-0.4, -0.2) is 10.9 Å². The first-order valence-electron chi connectivity index (χ1n) is 8.04. The Labute approximate surface area is 145 Å². The normalized spacial score (nSPS) is 13.2. The molecule has 1 unspecified atom stereocenters. The van der Waals surface area contributed by atoms with Gasteiger partial charge in [0.15, 0.2) is 0 Å². The summed E-state index contributed by atoms with van der Waals surface area (Å²) in [6.07, 6.45) is 3.58. The summed E-state index contributed by atoms with van der Waals surface area (Å²) in [5, 5.41) is 2.86. The van der Waals surface area contributed by atoms with E-state index in [1.54, 1.807) is 6.20 Å². The molecule has 5 nitrogen and oxygen atoms in total. The minimum Gasteiger partial charge on any atom is -0.488 e. The first-order chi connectivity index (χ1) is 12.2. The summed E-state index contributed by atoms with van der Waals surface area (Å²) in [7, 11) is 0. The van der Waals surface area contributed by atoms with Crippen molar-refractivity contribution < 1.29 is 9.53 Å². The van der Waals surface area contributed by atoms with E-state index in [0.717, 1.165) is 28.0 Å². The summed E-state index contributed by atoms with van der Waals surface area (Å²) in [4.78, 5) is 16.5. The zero-order valence-corrected chi connectivity index (χ0v) is 13.5. The number of rotatable bonds is 3. The number of hydrogen-bond acceptors (Lipinski definition) is 4. The van der Waals surface area contributed by atoms with Gasteiger partial charge in [0.1, 0.15) is 18.4 Å². The lowest BCUT2D eigenvalue weighted by Crippen LogP contribution is -2.27. The number of nitrogens with two attached hydrogens (primary N) is 1. The van der Waals surface area contributed by atoms with E-state index in [-0.39, 0.29) is 5.91 Å². The maximum Gasteiger partial charge on any atom is 0.245 e. The number of amides is 1. The minimum atomic E-state index is -0.718. The van der Waals surface area contributed by atoms with Crippen molar-refractivity contribution >= 4 is 11.6 Å². The Hall–Kier alpha value is -3.18. The van der Waals surface area contributed by atoms with Crippen molar-refractivity contribution in [2.24, 2.45) is 5.73 Å². The van der Waals surface area contributed by atoms with Crippen LogP contribution in [0.1, 0.15) is 17.2 Å². The molecule has 2 aromatic carbocycles. The molecule has 0 saturated carbocycles. The van der Waals surface area contributed by atoms with Crippen molar-refractivity contribution in [3.05, 3.63) is 78.1 Å². The van der Waals surface area contributed by atoms with E-state index < -0.39 is 6.04 Å². The minimum absolute atomic E-state index is 0.258. The van der Waals surface area contributed by atoms with Crippen LogP contribution in [0.4, 0.5) is 5.69 Å². The van der Waals surface area contributed by atoms with E-state index in [1.165, 1.54) is 0 Å². The number of ether oxygens (including phenoxy) is 1. The van der Waals surface area contributed by atoms with Gasteiger partial charge >= 0.3 is 0 Å². The predicted octanol–water partition coefficient (Wildman–Crippen LogP) is 3.28. The van der Waals surface area contributed by atoms with Gasteiger partial charge in [0.25, 0.3) is 0 Å². The molecule has 3 N–H and O–H groups in total. The molecule has 25 heavy (non-hydrogen) atoms. The van der Waals surface area contributed by atoms with Gasteiger partial charge in [-0.25, -0.2) is 0 Å². The topological polar surface area (TPSA) is 77.2 Å². The fourth-order valence-corrected chi connectivity index (χ4v) is 2.93. The fraction of sp³-hybridized carbons (Fsp3) is 0.100. The molecule has 0 fully saturated rings. The van der Waals surface area contributed by atoms with Crippen LogP contribution < -0.4 is 15.8 Å². The Morgan fingerprint density at radius 3 is 2.80 bits per heavy atom. The third kappa shape index (κ3) is 2.97. The maximum atomic E-state index is 12.4. The second-order valence-electron chi connectivity index (χ2n) is 5.91. The SMILES string of the molecule is NC(C(=O)Nc1ccc2c(c1)OCc1cnccc1-2)c1ccccc1. The summed E-state index contributed by atoms with van der Waals surface area (Å²) in [5.74, 6) is 0.483. The van der Waals surface area contributed by atoms with Gasteiger partial charge < -0.3 is 15.8 Å². The number of nitrogens with zero attached hydrogens (tertiary/aromatic N) is 1. The third-order valence-corrected chi connectivity index (χ3v) is 4.27. The van der Waals surface area contributed by atoms with Crippen LogP contribution in [0, 0.1) is 0 Å². The van der Waals surface area contributed by atoms with Gasteiger partial charge in [0.2, 0.25) is 5.91 Å². The lowest BCUT2D eigenvalue weighted by atomic mass is 9.98. The van der Waals surface area contributed by atoms with E-state index >= 15 is 0 Å². The first-order valence-corrected chi connectivity index (χ1v) is 8.04. The van der Waals surface area contributed by atoms with Crippen molar-refractivity contribution in [3.8, 4) is 16.9 Å². The van der Waals surface area contributed by atoms with E-state index in [4.69, 9.17) is 10.5 Å². The van der Waals surface area contributed by atoms with Crippen molar-refractivity contribution in [2.45, 2.75) is 12.6 Å². The van der Waals surface area contributed by atoms with Gasteiger partial charge in [0.05, 0.1) is 0 Å². The number of benzene rings is 2. The van der Waals surface area contributed by atoms with E-state index in [2.05, 4.69) is 10.3 Å². The molecule has 0 aliphatic carbocycles. The van der Waals surface area contributed by atoms with Crippen LogP contribution in [0.5, 0.6) is 5.75 Å². The molecule has 0 radical (unpaired) electrons. The van der Waals surface area contributed by atoms with Gasteiger partial charge in [-0.15, -0.1) is 0 Å². The molecule has 5 heteroatoms. The van der Waals surface area contributed by atoms with Crippen LogP contribution >= 0.6 is 0 Å². The average molecular weight is 331 g/mol. The van der Waals surface area contributed by atoms with Gasteiger partial charge in [-0.3, -0.25) is 9.78 Å². The molecule has 4 rings (SSSR count). The Balaban J connectivity index is 1.56. The van der Waals surface area contributed by atoms with Crippen LogP contribution in [0.2, 0.25) is 0 Å². The Morgan fingerprint density at radius 2 is 1.96 bits per heavy atom. The molecule has 2 heterocycles. The molecule has 0 saturated heterocycles. The van der Waals surface area contributed by atoms with E-state index in [0.29, 0.717) is 12.3 Å². The monoisotopic (exact) mass is 331 g/mol. The zero-order valence-electron chi connectivity index (χ0n) is 13.5. The lowest BCUT2D eigenvalue weighted by Gasteiger charge is -2.21. The lowest BCUT2D eigenvalue weighted by molar-refractivity contribution is -0.117. The molecule has 124 valence electrons. The molecular weight excluding hydrogens is 314 g/mol. The number of aromatic nitrogens is 1.